The number of ether oxygens (including phenoxy) is 3. The fourth-order valence-electron chi connectivity index (χ4n) is 1.57. The number of benzene rings is 1. The average molecular weight is 283 g/mol. The maximum absolute atomic E-state index is 10.8. The highest BCUT2D eigenvalue weighted by Gasteiger charge is 2.15. The summed E-state index contributed by atoms with van der Waals surface area (Å²) in [6.45, 7) is 3.50. The van der Waals surface area contributed by atoms with E-state index in [2.05, 4.69) is 5.32 Å². The molecule has 1 rings (SSSR count). The monoisotopic (exact) mass is 283 g/mol. The van der Waals surface area contributed by atoms with Crippen LogP contribution in [0, 0.1) is 0 Å². The number of carboxylic acid groups (broad SMARTS) is 1. The van der Waals surface area contributed by atoms with E-state index in [1.165, 1.54) is 14.0 Å². The van der Waals surface area contributed by atoms with Crippen molar-refractivity contribution in [3.8, 4) is 11.5 Å². The quantitative estimate of drug-likeness (QED) is 0.665. The molecule has 0 saturated carbocycles. The molecule has 0 fully saturated rings. The first kappa shape index (κ1) is 16.3. The molecule has 0 bridgehead atoms. The van der Waals surface area contributed by atoms with E-state index in [9.17, 15) is 4.79 Å². The molecule has 1 unspecified atom stereocenters. The standard InChI is InChI=1S/C14H21NO5/c1-10(14(16)17)20-13-8-11(4-5-12(13)19-3)9-15-6-7-18-2/h4-5,8,10,15H,6-7,9H2,1-3H3,(H,16,17). The van der Waals surface area contributed by atoms with Crippen LogP contribution in [0.4, 0.5) is 0 Å². The average Bonchev–Trinajstić information content (AvgIpc) is 2.43. The van der Waals surface area contributed by atoms with Gasteiger partial charge in [0.15, 0.2) is 17.6 Å². The van der Waals surface area contributed by atoms with Crippen LogP contribution in [0.5, 0.6) is 11.5 Å². The summed E-state index contributed by atoms with van der Waals surface area (Å²) in [4.78, 5) is 10.8. The van der Waals surface area contributed by atoms with Gasteiger partial charge in [-0.2, -0.15) is 0 Å². The molecule has 1 aromatic carbocycles. The third-order valence-electron chi connectivity index (χ3n) is 2.69. The van der Waals surface area contributed by atoms with Gasteiger partial charge in [0.2, 0.25) is 0 Å². The molecule has 1 aromatic rings. The van der Waals surface area contributed by atoms with Gasteiger partial charge >= 0.3 is 5.97 Å². The number of carbonyl (C=O) groups is 1. The summed E-state index contributed by atoms with van der Waals surface area (Å²) in [6, 6.07) is 5.44. The Balaban J connectivity index is 2.72. The zero-order valence-electron chi connectivity index (χ0n) is 12.0. The number of rotatable bonds is 9. The van der Waals surface area contributed by atoms with Crippen LogP contribution in [-0.4, -0.2) is 44.6 Å². The van der Waals surface area contributed by atoms with E-state index in [0.717, 1.165) is 12.1 Å². The van der Waals surface area contributed by atoms with Gasteiger partial charge in [0.1, 0.15) is 0 Å². The van der Waals surface area contributed by atoms with Gasteiger partial charge in [-0.3, -0.25) is 0 Å². The topological polar surface area (TPSA) is 77.0 Å². The zero-order chi connectivity index (χ0) is 15.0. The van der Waals surface area contributed by atoms with Gasteiger partial charge in [-0.25, -0.2) is 4.79 Å². The largest absolute Gasteiger partial charge is 0.493 e. The highest BCUT2D eigenvalue weighted by molar-refractivity contribution is 5.72. The summed E-state index contributed by atoms with van der Waals surface area (Å²) in [6.07, 6.45) is -0.930. The van der Waals surface area contributed by atoms with Gasteiger partial charge in [-0.05, 0) is 24.6 Å². The first-order chi connectivity index (χ1) is 9.58. The lowest BCUT2D eigenvalue weighted by Crippen LogP contribution is -2.23. The number of hydrogen-bond acceptors (Lipinski definition) is 5. The van der Waals surface area contributed by atoms with Crippen LogP contribution in [0.2, 0.25) is 0 Å². The minimum Gasteiger partial charge on any atom is -0.493 e. The van der Waals surface area contributed by atoms with Gasteiger partial charge in [0.25, 0.3) is 0 Å². The summed E-state index contributed by atoms with van der Waals surface area (Å²) in [5, 5.41) is 12.1. The van der Waals surface area contributed by atoms with Crippen LogP contribution in [0.25, 0.3) is 0 Å². The number of nitrogens with one attached hydrogen (secondary N) is 1. The summed E-state index contributed by atoms with van der Waals surface area (Å²) >= 11 is 0. The third kappa shape index (κ3) is 5.07. The predicted octanol–water partition coefficient (Wildman–Crippen LogP) is 1.28. The van der Waals surface area contributed by atoms with Gasteiger partial charge < -0.3 is 24.6 Å². The Bertz CT molecular complexity index is 436. The molecule has 0 aromatic heterocycles. The predicted molar refractivity (Wildman–Crippen MR) is 74.3 cm³/mol. The van der Waals surface area contributed by atoms with E-state index in [0.29, 0.717) is 24.7 Å². The van der Waals surface area contributed by atoms with E-state index in [1.807, 2.05) is 6.07 Å². The van der Waals surface area contributed by atoms with Crippen molar-refractivity contribution in [2.24, 2.45) is 0 Å². The molecule has 0 saturated heterocycles. The number of aliphatic carboxylic acids is 1. The fourth-order valence-corrected chi connectivity index (χ4v) is 1.57. The first-order valence-corrected chi connectivity index (χ1v) is 6.34. The van der Waals surface area contributed by atoms with Crippen LogP contribution in [-0.2, 0) is 16.1 Å². The third-order valence-corrected chi connectivity index (χ3v) is 2.69. The molecule has 0 amide bonds. The van der Waals surface area contributed by atoms with Crippen molar-refractivity contribution in [2.75, 3.05) is 27.4 Å². The molecule has 6 heteroatoms. The van der Waals surface area contributed by atoms with Crippen LogP contribution >= 0.6 is 0 Å². The summed E-state index contributed by atoms with van der Waals surface area (Å²) < 4.78 is 15.5. The summed E-state index contributed by atoms with van der Waals surface area (Å²) in [7, 11) is 3.17. The molecule has 0 heterocycles. The molecule has 0 aliphatic rings. The lowest BCUT2D eigenvalue weighted by molar-refractivity contribution is -0.144. The minimum absolute atomic E-state index is 0.424. The Labute approximate surface area is 118 Å². The van der Waals surface area contributed by atoms with Crippen molar-refractivity contribution in [1.29, 1.82) is 0 Å². The molecule has 0 spiro atoms. The Morgan fingerprint density at radius 2 is 2.10 bits per heavy atom. The maximum Gasteiger partial charge on any atom is 0.344 e. The molecule has 2 N–H and O–H groups in total. The van der Waals surface area contributed by atoms with Crippen molar-refractivity contribution < 1.29 is 24.1 Å². The van der Waals surface area contributed by atoms with Crippen LogP contribution in [0.15, 0.2) is 18.2 Å². The number of hydrogen-bond donors (Lipinski definition) is 2. The zero-order valence-corrected chi connectivity index (χ0v) is 12.0. The highest BCUT2D eigenvalue weighted by Crippen LogP contribution is 2.29. The Hall–Kier alpha value is -1.79. The van der Waals surface area contributed by atoms with Gasteiger partial charge in [0, 0.05) is 20.2 Å². The second-order valence-electron chi connectivity index (χ2n) is 4.25. The van der Waals surface area contributed by atoms with Crippen LogP contribution in [0.1, 0.15) is 12.5 Å². The van der Waals surface area contributed by atoms with E-state index in [1.54, 1.807) is 19.2 Å². The fraction of sp³-hybridized carbons (Fsp3) is 0.500. The van der Waals surface area contributed by atoms with Gasteiger partial charge in [-0.15, -0.1) is 0 Å². The highest BCUT2D eigenvalue weighted by atomic mass is 16.5. The Kier molecular flexibility index (Phi) is 6.83. The number of methoxy groups -OCH3 is 2. The molecule has 6 nitrogen and oxygen atoms in total. The lowest BCUT2D eigenvalue weighted by Gasteiger charge is -2.15. The number of carboxylic acids is 1. The van der Waals surface area contributed by atoms with Crippen molar-refractivity contribution in [1.82, 2.24) is 5.32 Å². The van der Waals surface area contributed by atoms with E-state index in [4.69, 9.17) is 19.3 Å². The molecule has 0 radical (unpaired) electrons. The smallest absolute Gasteiger partial charge is 0.344 e. The van der Waals surface area contributed by atoms with E-state index >= 15 is 0 Å². The second-order valence-corrected chi connectivity index (χ2v) is 4.25. The summed E-state index contributed by atoms with van der Waals surface area (Å²) in [5.41, 5.74) is 0.981. The van der Waals surface area contributed by atoms with Crippen LogP contribution < -0.4 is 14.8 Å². The van der Waals surface area contributed by atoms with Gasteiger partial charge in [-0.1, -0.05) is 6.07 Å². The SMILES string of the molecule is COCCNCc1ccc(OC)c(OC(C)C(=O)O)c1. The normalized spacial score (nSPS) is 11.9. The minimum atomic E-state index is -1.02. The Morgan fingerprint density at radius 3 is 2.70 bits per heavy atom. The van der Waals surface area contributed by atoms with Crippen molar-refractivity contribution >= 4 is 5.97 Å². The molecular formula is C14H21NO5. The second kappa shape index (κ2) is 8.39. The summed E-state index contributed by atoms with van der Waals surface area (Å²) in [5.74, 6) is -0.0807. The molecule has 0 aliphatic heterocycles. The maximum atomic E-state index is 10.8. The molecule has 0 aliphatic carbocycles. The first-order valence-electron chi connectivity index (χ1n) is 6.34. The molecular weight excluding hydrogens is 262 g/mol. The van der Waals surface area contributed by atoms with Gasteiger partial charge in [0.05, 0.1) is 13.7 Å². The van der Waals surface area contributed by atoms with Crippen molar-refractivity contribution in [3.63, 3.8) is 0 Å². The van der Waals surface area contributed by atoms with Crippen LogP contribution in [0.3, 0.4) is 0 Å². The molecule has 1 atom stereocenters. The van der Waals surface area contributed by atoms with Crippen molar-refractivity contribution in [2.45, 2.75) is 19.6 Å². The lowest BCUT2D eigenvalue weighted by atomic mass is 10.2. The molecule has 20 heavy (non-hydrogen) atoms. The van der Waals surface area contributed by atoms with E-state index < -0.39 is 12.1 Å². The van der Waals surface area contributed by atoms with E-state index in [-0.39, 0.29) is 0 Å². The Morgan fingerprint density at radius 1 is 1.35 bits per heavy atom. The molecule has 112 valence electrons. The van der Waals surface area contributed by atoms with Crippen molar-refractivity contribution in [3.05, 3.63) is 23.8 Å².